The summed E-state index contributed by atoms with van der Waals surface area (Å²) in [5.41, 5.74) is 1.09. The highest BCUT2D eigenvalue weighted by Gasteiger charge is 2.27. The summed E-state index contributed by atoms with van der Waals surface area (Å²) in [7, 11) is 4.51. The van der Waals surface area contributed by atoms with Crippen LogP contribution in [0.25, 0.3) is 6.08 Å². The molecule has 2 aromatic rings. The van der Waals surface area contributed by atoms with Crippen molar-refractivity contribution in [1.29, 1.82) is 0 Å². The van der Waals surface area contributed by atoms with Crippen LogP contribution >= 0.6 is 23.2 Å². The summed E-state index contributed by atoms with van der Waals surface area (Å²) in [5.74, 6) is 0.779. The maximum absolute atomic E-state index is 12.3. The van der Waals surface area contributed by atoms with Crippen molar-refractivity contribution in [1.82, 2.24) is 0 Å². The Kier molecular flexibility index (Phi) is 5.58. The molecule has 0 radical (unpaired) electrons. The Hall–Kier alpha value is -2.70. The van der Waals surface area contributed by atoms with Gasteiger partial charge in [0.25, 0.3) is 0 Å². The van der Waals surface area contributed by atoms with Crippen LogP contribution in [0, 0.1) is 0 Å². The highest BCUT2D eigenvalue weighted by atomic mass is 35.5. The molecule has 0 N–H and O–H groups in total. The van der Waals surface area contributed by atoms with Gasteiger partial charge < -0.3 is 18.9 Å². The van der Waals surface area contributed by atoms with Gasteiger partial charge in [-0.15, -0.1) is 0 Å². The van der Waals surface area contributed by atoms with Gasteiger partial charge in [-0.2, -0.15) is 0 Å². The smallest absolute Gasteiger partial charge is 0.363 e. The lowest BCUT2D eigenvalue weighted by atomic mass is 10.1. The van der Waals surface area contributed by atoms with Gasteiger partial charge in [0.15, 0.2) is 17.2 Å². The van der Waals surface area contributed by atoms with Crippen molar-refractivity contribution in [2.75, 3.05) is 21.3 Å². The molecule has 1 heterocycles. The van der Waals surface area contributed by atoms with Crippen molar-refractivity contribution in [2.24, 2.45) is 4.99 Å². The summed E-state index contributed by atoms with van der Waals surface area (Å²) in [4.78, 5) is 16.5. The third-order valence-electron chi connectivity index (χ3n) is 3.83. The number of hydrogen-bond acceptors (Lipinski definition) is 6. The molecule has 8 heteroatoms. The van der Waals surface area contributed by atoms with Gasteiger partial charge in [-0.05, 0) is 30.3 Å². The molecular weight excluding hydrogens is 393 g/mol. The first kappa shape index (κ1) is 19.1. The van der Waals surface area contributed by atoms with Gasteiger partial charge >= 0.3 is 5.97 Å². The van der Waals surface area contributed by atoms with Gasteiger partial charge in [0, 0.05) is 5.56 Å². The predicted octanol–water partition coefficient (Wildman–Crippen LogP) is 4.36. The molecular formula is C19H15Cl2NO5. The molecule has 1 aliphatic rings. The molecule has 0 unspecified atom stereocenters. The zero-order chi connectivity index (χ0) is 19.6. The Bertz CT molecular complexity index is 969. The van der Waals surface area contributed by atoms with E-state index in [4.69, 9.17) is 42.1 Å². The van der Waals surface area contributed by atoms with E-state index in [1.54, 1.807) is 30.3 Å². The lowest BCUT2D eigenvalue weighted by Gasteiger charge is -2.14. The van der Waals surface area contributed by atoms with Crippen LogP contribution in [0.15, 0.2) is 41.0 Å². The molecule has 0 atom stereocenters. The van der Waals surface area contributed by atoms with Crippen LogP contribution in [-0.2, 0) is 9.53 Å². The largest absolute Gasteiger partial charge is 0.493 e. The number of carbonyl (C=O) groups excluding carboxylic acids is 1. The molecule has 27 heavy (non-hydrogen) atoms. The van der Waals surface area contributed by atoms with E-state index in [1.165, 1.54) is 27.4 Å². The first-order chi connectivity index (χ1) is 13.0. The van der Waals surface area contributed by atoms with Gasteiger partial charge in [0.05, 0.1) is 36.9 Å². The number of ether oxygens (including phenoxy) is 4. The molecule has 6 nitrogen and oxygen atoms in total. The molecule has 0 saturated heterocycles. The van der Waals surface area contributed by atoms with Crippen molar-refractivity contribution >= 4 is 41.1 Å². The highest BCUT2D eigenvalue weighted by Crippen LogP contribution is 2.41. The third-order valence-corrected chi connectivity index (χ3v) is 4.65. The third kappa shape index (κ3) is 3.59. The second-order valence-electron chi connectivity index (χ2n) is 5.36. The number of rotatable bonds is 5. The zero-order valence-electron chi connectivity index (χ0n) is 14.7. The lowest BCUT2D eigenvalue weighted by Crippen LogP contribution is -2.06. The van der Waals surface area contributed by atoms with E-state index in [9.17, 15) is 4.79 Å². The van der Waals surface area contributed by atoms with Crippen LogP contribution in [0.5, 0.6) is 17.2 Å². The van der Waals surface area contributed by atoms with Gasteiger partial charge in [0.1, 0.15) is 0 Å². The van der Waals surface area contributed by atoms with Crippen molar-refractivity contribution in [3.63, 3.8) is 0 Å². The molecule has 0 aromatic heterocycles. The van der Waals surface area contributed by atoms with Crippen molar-refractivity contribution in [3.05, 3.63) is 57.2 Å². The van der Waals surface area contributed by atoms with Crippen molar-refractivity contribution < 1.29 is 23.7 Å². The minimum atomic E-state index is -0.613. The fourth-order valence-electron chi connectivity index (χ4n) is 2.58. The molecule has 0 fully saturated rings. The van der Waals surface area contributed by atoms with Crippen LogP contribution in [0.4, 0.5) is 0 Å². The number of cyclic esters (lactones) is 1. The molecule has 140 valence electrons. The van der Waals surface area contributed by atoms with Crippen molar-refractivity contribution in [3.8, 4) is 17.2 Å². The monoisotopic (exact) mass is 407 g/mol. The van der Waals surface area contributed by atoms with E-state index in [0.717, 1.165) is 0 Å². The Balaban J connectivity index is 2.06. The van der Waals surface area contributed by atoms with Crippen LogP contribution < -0.4 is 14.2 Å². The normalized spacial score (nSPS) is 14.8. The second kappa shape index (κ2) is 7.90. The Morgan fingerprint density at radius 2 is 1.74 bits per heavy atom. The standard InChI is InChI=1S/C19H15Cl2NO5/c1-24-14-8-7-10(16(25-2)17(14)26-3)9-13-19(23)27-18(22-13)11-5-4-6-12(20)15(11)21/h4-9H,1-3H3. The summed E-state index contributed by atoms with van der Waals surface area (Å²) in [6, 6.07) is 8.42. The van der Waals surface area contributed by atoms with E-state index in [1.807, 2.05) is 0 Å². The Labute approximate surface area is 165 Å². The maximum atomic E-state index is 12.3. The van der Waals surface area contributed by atoms with E-state index < -0.39 is 5.97 Å². The molecule has 0 amide bonds. The summed E-state index contributed by atoms with van der Waals surface area (Å²) < 4.78 is 21.3. The average Bonchev–Trinajstić information content (AvgIpc) is 3.03. The highest BCUT2D eigenvalue weighted by molar-refractivity contribution is 6.44. The number of nitrogens with zero attached hydrogens (tertiary/aromatic N) is 1. The lowest BCUT2D eigenvalue weighted by molar-refractivity contribution is -0.129. The Morgan fingerprint density at radius 1 is 1.00 bits per heavy atom. The van der Waals surface area contributed by atoms with E-state index in [2.05, 4.69) is 4.99 Å². The molecule has 2 aromatic carbocycles. The van der Waals surface area contributed by atoms with Crippen LogP contribution in [0.3, 0.4) is 0 Å². The van der Waals surface area contributed by atoms with Gasteiger partial charge in [-0.3, -0.25) is 0 Å². The quantitative estimate of drug-likeness (QED) is 0.543. The van der Waals surface area contributed by atoms with E-state index in [-0.39, 0.29) is 16.6 Å². The molecule has 0 bridgehead atoms. The van der Waals surface area contributed by atoms with Crippen molar-refractivity contribution in [2.45, 2.75) is 0 Å². The summed E-state index contributed by atoms with van der Waals surface area (Å²) in [6.45, 7) is 0. The SMILES string of the molecule is COc1ccc(C=C2N=C(c3cccc(Cl)c3Cl)OC2=O)c(OC)c1OC. The number of esters is 1. The Morgan fingerprint density at radius 3 is 2.41 bits per heavy atom. The minimum absolute atomic E-state index is 0.0817. The van der Waals surface area contributed by atoms with E-state index in [0.29, 0.717) is 33.4 Å². The maximum Gasteiger partial charge on any atom is 0.363 e. The average molecular weight is 408 g/mol. The summed E-state index contributed by atoms with van der Waals surface area (Å²) in [5, 5.41) is 0.600. The number of hydrogen-bond donors (Lipinski definition) is 0. The van der Waals surface area contributed by atoms with Gasteiger partial charge in [0.2, 0.25) is 11.6 Å². The van der Waals surface area contributed by atoms with Crippen LogP contribution in [-0.4, -0.2) is 33.2 Å². The first-order valence-corrected chi connectivity index (χ1v) is 8.51. The number of halogens is 2. The first-order valence-electron chi connectivity index (χ1n) is 7.76. The number of methoxy groups -OCH3 is 3. The number of aliphatic imine (C=N–C) groups is 1. The van der Waals surface area contributed by atoms with Crippen LogP contribution in [0.2, 0.25) is 10.0 Å². The van der Waals surface area contributed by atoms with Gasteiger partial charge in [-0.1, -0.05) is 29.3 Å². The number of benzene rings is 2. The molecule has 0 saturated carbocycles. The number of carbonyl (C=O) groups is 1. The van der Waals surface area contributed by atoms with Gasteiger partial charge in [-0.25, -0.2) is 9.79 Å². The fraction of sp³-hybridized carbons (Fsp3) is 0.158. The zero-order valence-corrected chi connectivity index (χ0v) is 16.2. The van der Waals surface area contributed by atoms with Crippen LogP contribution in [0.1, 0.15) is 11.1 Å². The summed E-state index contributed by atoms with van der Waals surface area (Å²) >= 11 is 12.2. The topological polar surface area (TPSA) is 66.4 Å². The molecule has 0 aliphatic carbocycles. The molecule has 0 spiro atoms. The minimum Gasteiger partial charge on any atom is -0.493 e. The second-order valence-corrected chi connectivity index (χ2v) is 6.15. The molecule has 1 aliphatic heterocycles. The predicted molar refractivity (Wildman–Crippen MR) is 103 cm³/mol. The molecule has 3 rings (SSSR count). The summed E-state index contributed by atoms with van der Waals surface area (Å²) in [6.07, 6.45) is 1.54. The van der Waals surface area contributed by atoms with E-state index >= 15 is 0 Å². The fourth-order valence-corrected chi connectivity index (χ4v) is 2.96.